The first-order chi connectivity index (χ1) is 9.65. The number of halogens is 1. The Morgan fingerprint density at radius 2 is 2.15 bits per heavy atom. The Morgan fingerprint density at radius 3 is 2.80 bits per heavy atom. The second kappa shape index (κ2) is 7.16. The Morgan fingerprint density at radius 1 is 1.30 bits per heavy atom. The number of thiophene rings is 1. The molecule has 2 N–H and O–H groups in total. The second-order valence-corrected chi connectivity index (χ2v) is 5.76. The van der Waals surface area contributed by atoms with E-state index >= 15 is 0 Å². The van der Waals surface area contributed by atoms with Crippen LogP contribution in [0, 0.1) is 0 Å². The van der Waals surface area contributed by atoms with E-state index in [0.29, 0.717) is 17.2 Å². The highest BCUT2D eigenvalue weighted by Crippen LogP contribution is 2.10. The first-order valence-corrected chi connectivity index (χ1v) is 7.55. The predicted octanol–water partition coefficient (Wildman–Crippen LogP) is 2.66. The van der Waals surface area contributed by atoms with Gasteiger partial charge in [0.2, 0.25) is 5.91 Å². The molecule has 2 heterocycles. The lowest BCUT2D eigenvalue weighted by molar-refractivity contribution is -0.116. The molecule has 2 aromatic rings. The fourth-order valence-electron chi connectivity index (χ4n) is 1.44. The number of carbonyl (C=O) groups excluding carboxylic acids is 2. The predicted molar refractivity (Wildman–Crippen MR) is 81.8 cm³/mol. The van der Waals surface area contributed by atoms with Gasteiger partial charge in [-0.15, -0.1) is 11.3 Å². The third-order valence-corrected chi connectivity index (χ3v) is 3.72. The summed E-state index contributed by atoms with van der Waals surface area (Å²) >= 11 is 4.63. The van der Waals surface area contributed by atoms with Crippen molar-refractivity contribution in [1.82, 2.24) is 10.3 Å². The minimum Gasteiger partial charge on any atom is -0.351 e. The van der Waals surface area contributed by atoms with Gasteiger partial charge in [-0.25, -0.2) is 4.98 Å². The largest absolute Gasteiger partial charge is 0.351 e. The van der Waals surface area contributed by atoms with Crippen molar-refractivity contribution >= 4 is 44.9 Å². The lowest BCUT2D eigenvalue weighted by Crippen LogP contribution is -2.27. The van der Waals surface area contributed by atoms with Crippen molar-refractivity contribution in [3.05, 3.63) is 45.2 Å². The van der Waals surface area contributed by atoms with Gasteiger partial charge in [0, 0.05) is 23.6 Å². The van der Waals surface area contributed by atoms with Crippen LogP contribution >= 0.6 is 27.3 Å². The van der Waals surface area contributed by atoms with Crippen LogP contribution in [0.25, 0.3) is 0 Å². The molecule has 0 bridgehead atoms. The van der Waals surface area contributed by atoms with Crippen molar-refractivity contribution < 1.29 is 9.59 Å². The minimum atomic E-state index is -0.189. The SMILES string of the molecule is O=C(CCNC(=O)c1cccs1)Nc1ccc(Br)cn1. The summed E-state index contributed by atoms with van der Waals surface area (Å²) in [6.07, 6.45) is 1.81. The summed E-state index contributed by atoms with van der Waals surface area (Å²) in [5, 5.41) is 7.19. The summed E-state index contributed by atoms with van der Waals surface area (Å²) in [6.45, 7) is 0.291. The van der Waals surface area contributed by atoms with Gasteiger partial charge in [-0.1, -0.05) is 6.07 Å². The van der Waals surface area contributed by atoms with Gasteiger partial charge in [-0.3, -0.25) is 9.59 Å². The monoisotopic (exact) mass is 353 g/mol. The molecule has 104 valence electrons. The maximum Gasteiger partial charge on any atom is 0.261 e. The van der Waals surface area contributed by atoms with Gasteiger partial charge in [-0.2, -0.15) is 0 Å². The molecule has 0 aliphatic heterocycles. The van der Waals surface area contributed by atoms with Gasteiger partial charge in [0.15, 0.2) is 0 Å². The summed E-state index contributed by atoms with van der Waals surface area (Å²) in [4.78, 5) is 28.0. The topological polar surface area (TPSA) is 71.1 Å². The Kier molecular flexibility index (Phi) is 5.25. The van der Waals surface area contributed by atoms with Crippen molar-refractivity contribution in [3.63, 3.8) is 0 Å². The zero-order valence-corrected chi connectivity index (χ0v) is 12.8. The lowest BCUT2D eigenvalue weighted by Gasteiger charge is -2.05. The number of hydrogen-bond acceptors (Lipinski definition) is 4. The molecular weight excluding hydrogens is 342 g/mol. The molecule has 0 unspecified atom stereocenters. The number of nitrogens with zero attached hydrogens (tertiary/aromatic N) is 1. The second-order valence-electron chi connectivity index (χ2n) is 3.89. The zero-order chi connectivity index (χ0) is 14.4. The van der Waals surface area contributed by atoms with Crippen LogP contribution in [-0.4, -0.2) is 23.3 Å². The standard InChI is InChI=1S/C13H12BrN3O2S/c14-9-3-4-11(16-8-9)17-12(18)5-6-15-13(19)10-2-1-7-20-10/h1-4,7-8H,5-6H2,(H,15,19)(H,16,17,18). The molecule has 20 heavy (non-hydrogen) atoms. The summed E-state index contributed by atoms with van der Waals surface area (Å²) in [6, 6.07) is 7.05. The molecule has 2 aromatic heterocycles. The van der Waals surface area contributed by atoms with E-state index in [1.54, 1.807) is 24.4 Å². The van der Waals surface area contributed by atoms with Gasteiger partial charge in [0.05, 0.1) is 4.88 Å². The van der Waals surface area contributed by atoms with Gasteiger partial charge in [-0.05, 0) is 39.5 Å². The summed E-state index contributed by atoms with van der Waals surface area (Å²) in [5.41, 5.74) is 0. The molecule has 2 amide bonds. The van der Waals surface area contributed by atoms with E-state index in [0.717, 1.165) is 4.47 Å². The smallest absolute Gasteiger partial charge is 0.261 e. The van der Waals surface area contributed by atoms with Crippen LogP contribution in [0.3, 0.4) is 0 Å². The van der Waals surface area contributed by atoms with E-state index in [1.807, 2.05) is 11.4 Å². The number of aromatic nitrogens is 1. The number of amides is 2. The molecule has 0 saturated heterocycles. The fraction of sp³-hybridized carbons (Fsp3) is 0.154. The number of carbonyl (C=O) groups is 2. The van der Waals surface area contributed by atoms with E-state index in [2.05, 4.69) is 31.5 Å². The average Bonchev–Trinajstić information content (AvgIpc) is 2.95. The Hall–Kier alpha value is -1.73. The van der Waals surface area contributed by atoms with Crippen molar-refractivity contribution in [2.45, 2.75) is 6.42 Å². The quantitative estimate of drug-likeness (QED) is 0.867. The van der Waals surface area contributed by atoms with Crippen LogP contribution in [0.15, 0.2) is 40.3 Å². The molecule has 0 aromatic carbocycles. The zero-order valence-electron chi connectivity index (χ0n) is 10.4. The van der Waals surface area contributed by atoms with Crippen molar-refractivity contribution in [3.8, 4) is 0 Å². The van der Waals surface area contributed by atoms with Crippen LogP contribution in [0.4, 0.5) is 5.82 Å². The summed E-state index contributed by atoms with van der Waals surface area (Å²) in [7, 11) is 0. The number of rotatable bonds is 5. The van der Waals surface area contributed by atoms with Crippen LogP contribution in [0.1, 0.15) is 16.1 Å². The number of anilines is 1. The molecule has 0 aliphatic rings. The van der Waals surface area contributed by atoms with Crippen molar-refractivity contribution in [1.29, 1.82) is 0 Å². The van der Waals surface area contributed by atoms with Crippen molar-refractivity contribution in [2.75, 3.05) is 11.9 Å². The molecular formula is C13H12BrN3O2S. The van der Waals surface area contributed by atoms with E-state index in [-0.39, 0.29) is 18.2 Å². The number of pyridine rings is 1. The van der Waals surface area contributed by atoms with Crippen LogP contribution < -0.4 is 10.6 Å². The van der Waals surface area contributed by atoms with Crippen LogP contribution in [0.2, 0.25) is 0 Å². The van der Waals surface area contributed by atoms with E-state index in [9.17, 15) is 9.59 Å². The maximum atomic E-state index is 11.7. The van der Waals surface area contributed by atoms with Gasteiger partial charge in [0.1, 0.15) is 5.82 Å². The average molecular weight is 354 g/mol. The highest BCUT2D eigenvalue weighted by atomic mass is 79.9. The molecule has 7 heteroatoms. The molecule has 0 aliphatic carbocycles. The van der Waals surface area contributed by atoms with Crippen LogP contribution in [-0.2, 0) is 4.79 Å². The van der Waals surface area contributed by atoms with Gasteiger partial charge in [0.25, 0.3) is 5.91 Å². The fourth-order valence-corrected chi connectivity index (χ4v) is 2.31. The number of hydrogen-bond donors (Lipinski definition) is 2. The summed E-state index contributed by atoms with van der Waals surface area (Å²) in [5.74, 6) is 0.142. The van der Waals surface area contributed by atoms with E-state index in [4.69, 9.17) is 0 Å². The molecule has 0 atom stereocenters. The third kappa shape index (κ3) is 4.43. The Labute approximate surface area is 128 Å². The molecule has 2 rings (SSSR count). The lowest BCUT2D eigenvalue weighted by atomic mass is 10.3. The van der Waals surface area contributed by atoms with E-state index in [1.165, 1.54) is 11.3 Å². The van der Waals surface area contributed by atoms with Crippen molar-refractivity contribution in [2.24, 2.45) is 0 Å². The van der Waals surface area contributed by atoms with Gasteiger partial charge >= 0.3 is 0 Å². The third-order valence-electron chi connectivity index (χ3n) is 2.38. The molecule has 0 saturated carbocycles. The highest BCUT2D eigenvalue weighted by molar-refractivity contribution is 9.10. The Balaban J connectivity index is 1.73. The van der Waals surface area contributed by atoms with Crippen LogP contribution in [0.5, 0.6) is 0 Å². The minimum absolute atomic E-state index is 0.158. The molecule has 0 fully saturated rings. The Bertz CT molecular complexity index is 584. The molecule has 0 radical (unpaired) electrons. The van der Waals surface area contributed by atoms with Gasteiger partial charge < -0.3 is 10.6 Å². The highest BCUT2D eigenvalue weighted by Gasteiger charge is 2.07. The normalized spacial score (nSPS) is 10.1. The first-order valence-electron chi connectivity index (χ1n) is 5.88. The maximum absolute atomic E-state index is 11.7. The molecule has 5 nitrogen and oxygen atoms in total. The molecule has 0 spiro atoms. The summed E-state index contributed by atoms with van der Waals surface area (Å²) < 4.78 is 0.846. The first kappa shape index (κ1) is 14.7. The van der Waals surface area contributed by atoms with E-state index < -0.39 is 0 Å². The number of nitrogens with one attached hydrogen (secondary N) is 2.